The second kappa shape index (κ2) is 7.50. The Morgan fingerprint density at radius 2 is 1.97 bits per heavy atom. The van der Waals surface area contributed by atoms with Crippen molar-refractivity contribution in [3.05, 3.63) is 42.5 Å². The Bertz CT molecular complexity index is 930. The first-order valence-electron chi connectivity index (χ1n) is 10.8. The fourth-order valence-electron chi connectivity index (χ4n) is 4.88. The van der Waals surface area contributed by atoms with Crippen LogP contribution in [0.25, 0.3) is 0 Å². The van der Waals surface area contributed by atoms with Gasteiger partial charge in [-0.15, -0.1) is 0 Å². The van der Waals surface area contributed by atoms with E-state index in [1.807, 2.05) is 23.0 Å². The van der Waals surface area contributed by atoms with E-state index in [1.165, 1.54) is 12.8 Å². The molecular formula is C22H28N6O2. The van der Waals surface area contributed by atoms with Crippen molar-refractivity contribution in [3.8, 4) is 0 Å². The van der Waals surface area contributed by atoms with Crippen LogP contribution in [-0.4, -0.2) is 74.6 Å². The lowest BCUT2D eigenvalue weighted by Crippen LogP contribution is -2.69. The normalized spacial score (nSPS) is 22.0. The van der Waals surface area contributed by atoms with Crippen molar-refractivity contribution in [2.45, 2.75) is 31.2 Å². The fraction of sp³-hybridized carbons (Fsp3) is 0.545. The number of nitrogens with zero attached hydrogens (tertiary/aromatic N) is 6. The van der Waals surface area contributed by atoms with E-state index >= 15 is 0 Å². The Kier molecular flexibility index (Phi) is 4.81. The van der Waals surface area contributed by atoms with Crippen molar-refractivity contribution in [3.63, 3.8) is 0 Å². The number of aryl methyl sites for hydroxylation is 1. The van der Waals surface area contributed by atoms with Crippen LogP contribution < -0.4 is 4.90 Å². The number of rotatable bonds is 4. The Hall–Kier alpha value is -2.74. The number of amides is 2. The molecule has 0 aromatic carbocycles. The second-order valence-corrected chi connectivity index (χ2v) is 8.78. The summed E-state index contributed by atoms with van der Waals surface area (Å²) in [5.41, 5.74) is 0.944. The Balaban J connectivity index is 1.37. The molecule has 0 bridgehead atoms. The van der Waals surface area contributed by atoms with Crippen molar-refractivity contribution < 1.29 is 9.59 Å². The number of carbonyl (C=O) groups excluding carboxylic acids is 2. The minimum absolute atomic E-state index is 0.000864. The predicted octanol–water partition coefficient (Wildman–Crippen LogP) is 1.55. The third kappa shape index (κ3) is 3.39. The molecule has 2 aromatic heterocycles. The number of pyridine rings is 1. The number of hydrogen-bond acceptors (Lipinski definition) is 5. The van der Waals surface area contributed by atoms with Crippen LogP contribution in [0.2, 0.25) is 0 Å². The molecule has 3 aliphatic rings. The number of anilines is 1. The van der Waals surface area contributed by atoms with Crippen LogP contribution in [0, 0.1) is 5.92 Å². The van der Waals surface area contributed by atoms with Gasteiger partial charge in [-0.3, -0.25) is 24.2 Å². The molecular weight excluding hydrogens is 380 g/mol. The van der Waals surface area contributed by atoms with Gasteiger partial charge in [0.15, 0.2) is 0 Å². The van der Waals surface area contributed by atoms with E-state index in [9.17, 15) is 9.59 Å². The molecule has 8 heteroatoms. The zero-order chi connectivity index (χ0) is 20.7. The lowest BCUT2D eigenvalue weighted by atomic mass is 9.81. The van der Waals surface area contributed by atoms with Crippen LogP contribution in [-0.2, 0) is 11.8 Å². The van der Waals surface area contributed by atoms with E-state index < -0.39 is 5.54 Å². The van der Waals surface area contributed by atoms with Gasteiger partial charge in [-0.05, 0) is 43.7 Å². The summed E-state index contributed by atoms with van der Waals surface area (Å²) >= 11 is 0. The number of aromatic nitrogens is 3. The second-order valence-electron chi connectivity index (χ2n) is 8.78. The summed E-state index contributed by atoms with van der Waals surface area (Å²) in [5.74, 6) is 0.879. The fourth-order valence-corrected chi connectivity index (χ4v) is 4.88. The quantitative estimate of drug-likeness (QED) is 0.767. The zero-order valence-corrected chi connectivity index (χ0v) is 17.4. The van der Waals surface area contributed by atoms with E-state index in [4.69, 9.17) is 0 Å². The Morgan fingerprint density at radius 1 is 1.17 bits per heavy atom. The number of hydrogen-bond donors (Lipinski definition) is 0. The highest BCUT2D eigenvalue weighted by molar-refractivity contribution is 6.01. The van der Waals surface area contributed by atoms with Gasteiger partial charge in [0.05, 0.1) is 17.4 Å². The molecule has 158 valence electrons. The monoisotopic (exact) mass is 408 g/mol. The molecule has 3 fully saturated rings. The molecule has 2 aliphatic heterocycles. The molecule has 2 aromatic rings. The van der Waals surface area contributed by atoms with Gasteiger partial charge < -0.3 is 9.80 Å². The average Bonchev–Trinajstić information content (AvgIpc) is 3.50. The Morgan fingerprint density at radius 3 is 2.60 bits per heavy atom. The minimum Gasteiger partial charge on any atom is -0.338 e. The molecule has 0 atom stereocenters. The summed E-state index contributed by atoms with van der Waals surface area (Å²) in [4.78, 5) is 36.9. The Labute approximate surface area is 176 Å². The van der Waals surface area contributed by atoms with Gasteiger partial charge in [0.25, 0.3) is 5.91 Å². The molecule has 2 amide bonds. The van der Waals surface area contributed by atoms with Gasteiger partial charge in [0.1, 0.15) is 5.54 Å². The highest BCUT2D eigenvalue weighted by Crippen LogP contribution is 2.39. The van der Waals surface area contributed by atoms with Gasteiger partial charge in [-0.25, -0.2) is 0 Å². The maximum absolute atomic E-state index is 13.8. The minimum atomic E-state index is -0.525. The van der Waals surface area contributed by atoms with Gasteiger partial charge in [0, 0.05) is 58.4 Å². The van der Waals surface area contributed by atoms with Crippen molar-refractivity contribution in [2.75, 3.05) is 37.6 Å². The standard InChI is InChI=1S/C22H28N6O2/c1-25-16-19(14-24-25)28-12-11-27(15-17-4-5-17)22(21(28)30)6-9-26(10-7-22)20(29)18-3-2-8-23-13-18/h2-3,8,13-14,16-17H,4-7,9-12,15H2,1H3. The van der Waals surface area contributed by atoms with E-state index in [1.54, 1.807) is 35.4 Å². The van der Waals surface area contributed by atoms with E-state index in [0.29, 0.717) is 38.0 Å². The lowest BCUT2D eigenvalue weighted by Gasteiger charge is -2.52. The number of likely N-dealkylation sites (tertiary alicyclic amines) is 1. The maximum atomic E-state index is 13.8. The summed E-state index contributed by atoms with van der Waals surface area (Å²) in [6.07, 6.45) is 10.8. The molecule has 0 unspecified atom stereocenters. The smallest absolute Gasteiger partial charge is 0.255 e. The molecule has 4 heterocycles. The van der Waals surface area contributed by atoms with E-state index in [2.05, 4.69) is 15.0 Å². The first kappa shape index (κ1) is 19.2. The molecule has 0 radical (unpaired) electrons. The van der Waals surface area contributed by atoms with Crippen LogP contribution in [0.1, 0.15) is 36.0 Å². The van der Waals surface area contributed by atoms with Crippen LogP contribution in [0.5, 0.6) is 0 Å². The van der Waals surface area contributed by atoms with Crippen molar-refractivity contribution in [1.29, 1.82) is 0 Å². The maximum Gasteiger partial charge on any atom is 0.255 e. The first-order valence-corrected chi connectivity index (χ1v) is 10.8. The zero-order valence-electron chi connectivity index (χ0n) is 17.4. The van der Waals surface area contributed by atoms with Gasteiger partial charge >= 0.3 is 0 Å². The third-order valence-corrected chi connectivity index (χ3v) is 6.81. The van der Waals surface area contributed by atoms with E-state index in [-0.39, 0.29) is 11.8 Å². The summed E-state index contributed by atoms with van der Waals surface area (Å²) in [5, 5.41) is 4.26. The number of piperazine rings is 1. The molecule has 8 nitrogen and oxygen atoms in total. The predicted molar refractivity (Wildman–Crippen MR) is 112 cm³/mol. The van der Waals surface area contributed by atoms with Crippen LogP contribution in [0.4, 0.5) is 5.69 Å². The number of carbonyl (C=O) groups is 2. The third-order valence-electron chi connectivity index (χ3n) is 6.81. The molecule has 1 aliphatic carbocycles. The van der Waals surface area contributed by atoms with Gasteiger partial charge in [-0.2, -0.15) is 5.10 Å². The van der Waals surface area contributed by atoms with Crippen molar-refractivity contribution in [2.24, 2.45) is 13.0 Å². The molecule has 1 saturated carbocycles. The summed E-state index contributed by atoms with van der Waals surface area (Å²) in [7, 11) is 1.87. The van der Waals surface area contributed by atoms with Gasteiger partial charge in [-0.1, -0.05) is 0 Å². The molecule has 1 spiro atoms. The number of piperidine rings is 1. The molecule has 2 saturated heterocycles. The van der Waals surface area contributed by atoms with Crippen LogP contribution in [0.15, 0.2) is 36.9 Å². The van der Waals surface area contributed by atoms with Gasteiger partial charge in [0.2, 0.25) is 5.91 Å². The highest BCUT2D eigenvalue weighted by atomic mass is 16.2. The van der Waals surface area contributed by atoms with Crippen LogP contribution in [0.3, 0.4) is 0 Å². The lowest BCUT2D eigenvalue weighted by molar-refractivity contribution is -0.137. The largest absolute Gasteiger partial charge is 0.338 e. The van der Waals surface area contributed by atoms with Crippen molar-refractivity contribution in [1.82, 2.24) is 24.6 Å². The topological polar surface area (TPSA) is 74.6 Å². The SMILES string of the molecule is Cn1cc(N2CCN(CC3CC3)C3(CCN(C(=O)c4cccnc4)CC3)C2=O)cn1. The van der Waals surface area contributed by atoms with Crippen molar-refractivity contribution >= 4 is 17.5 Å². The van der Waals surface area contributed by atoms with Crippen LogP contribution >= 0.6 is 0 Å². The highest BCUT2D eigenvalue weighted by Gasteiger charge is 2.52. The summed E-state index contributed by atoms with van der Waals surface area (Å²) < 4.78 is 1.74. The summed E-state index contributed by atoms with van der Waals surface area (Å²) in [6.45, 7) is 3.72. The molecule has 30 heavy (non-hydrogen) atoms. The summed E-state index contributed by atoms with van der Waals surface area (Å²) in [6, 6.07) is 3.58. The van der Waals surface area contributed by atoms with E-state index in [0.717, 1.165) is 24.7 Å². The molecule has 5 rings (SSSR count). The molecule has 0 N–H and O–H groups in total. The average molecular weight is 409 g/mol. The first-order chi connectivity index (χ1) is 14.6.